The number of aryl methyl sites for hydroxylation is 1. The SMILES string of the molecule is C1=CC2c3ccccc3SC2C(c2nc(-c3ccc4c5c(c6ccccc6c4c3)C=CCC5)c3sc4ccccc4c3n2)=C1. The van der Waals surface area contributed by atoms with Gasteiger partial charge < -0.3 is 0 Å². The number of nitrogens with zero attached hydrogens (tertiary/aromatic N) is 2. The Morgan fingerprint density at radius 3 is 2.55 bits per heavy atom. The largest absolute Gasteiger partial charge is 0.227 e. The highest BCUT2D eigenvalue weighted by Gasteiger charge is 2.37. The monoisotopic (exact) mass is 598 g/mol. The Balaban J connectivity index is 1.23. The third kappa shape index (κ3) is 3.56. The predicted molar refractivity (Wildman–Crippen MR) is 189 cm³/mol. The summed E-state index contributed by atoms with van der Waals surface area (Å²) in [5, 5.41) is 6.78. The van der Waals surface area contributed by atoms with Crippen molar-refractivity contribution < 1.29 is 0 Å². The molecular formula is C40H26N2S2. The van der Waals surface area contributed by atoms with E-state index in [0.717, 1.165) is 40.1 Å². The Hall–Kier alpha value is -4.51. The highest BCUT2D eigenvalue weighted by atomic mass is 32.2. The number of allylic oxidation sites excluding steroid dienone is 4. The van der Waals surface area contributed by atoms with Crippen LogP contribution < -0.4 is 0 Å². The molecule has 0 bridgehead atoms. The topological polar surface area (TPSA) is 25.8 Å². The maximum absolute atomic E-state index is 5.46. The van der Waals surface area contributed by atoms with Crippen LogP contribution in [0.1, 0.15) is 34.9 Å². The van der Waals surface area contributed by atoms with E-state index in [1.165, 1.54) is 58.8 Å². The molecule has 10 rings (SSSR count). The van der Waals surface area contributed by atoms with Gasteiger partial charge in [0, 0.05) is 37.3 Å². The smallest absolute Gasteiger partial charge is 0.157 e. The van der Waals surface area contributed by atoms with Crippen LogP contribution >= 0.6 is 23.1 Å². The van der Waals surface area contributed by atoms with Crippen LogP contribution in [0, 0.1) is 0 Å². The summed E-state index contributed by atoms with van der Waals surface area (Å²) < 4.78 is 2.41. The molecule has 0 spiro atoms. The number of rotatable bonds is 2. The van der Waals surface area contributed by atoms with Crippen LogP contribution in [0.5, 0.6) is 0 Å². The van der Waals surface area contributed by atoms with Gasteiger partial charge in [-0.05, 0) is 69.3 Å². The normalized spacial score (nSPS) is 18.6. The molecule has 1 aliphatic heterocycles. The highest BCUT2D eigenvalue weighted by molar-refractivity contribution is 8.00. The standard InChI is InChI=1S/C40H26N2S2/c1-2-12-26-24(10-1)25-11-3-4-13-27(25)33-22-23(20-21-28(26)33)36-39-37(31-15-6-8-19-35(31)44-39)42-40(41-36)32-17-9-16-30-29-14-5-7-18-34(29)43-38(30)32/h1,3-11,13-22,30,38H,2,12H2. The summed E-state index contributed by atoms with van der Waals surface area (Å²) in [5.41, 5.74) is 8.70. The summed E-state index contributed by atoms with van der Waals surface area (Å²) in [7, 11) is 0. The van der Waals surface area contributed by atoms with Gasteiger partial charge in [0.05, 0.1) is 15.9 Å². The predicted octanol–water partition coefficient (Wildman–Crippen LogP) is 11.0. The first-order valence-corrected chi connectivity index (χ1v) is 17.0. The summed E-state index contributed by atoms with van der Waals surface area (Å²) in [6, 6.07) is 33.4. The maximum Gasteiger partial charge on any atom is 0.157 e. The van der Waals surface area contributed by atoms with Crippen molar-refractivity contribution in [3.63, 3.8) is 0 Å². The number of fused-ring (bicyclic) bond motifs is 12. The molecule has 2 aromatic heterocycles. The van der Waals surface area contributed by atoms with Crippen LogP contribution in [0.25, 0.3) is 64.8 Å². The van der Waals surface area contributed by atoms with Crippen molar-refractivity contribution >= 4 is 76.6 Å². The van der Waals surface area contributed by atoms with Gasteiger partial charge in [-0.3, -0.25) is 0 Å². The van der Waals surface area contributed by atoms with Crippen molar-refractivity contribution in [1.29, 1.82) is 0 Å². The van der Waals surface area contributed by atoms with Gasteiger partial charge in [0.25, 0.3) is 0 Å². The van der Waals surface area contributed by atoms with Gasteiger partial charge in [-0.15, -0.1) is 23.1 Å². The molecule has 7 aromatic rings. The number of thiophene rings is 1. The van der Waals surface area contributed by atoms with E-state index in [4.69, 9.17) is 9.97 Å². The molecule has 0 radical (unpaired) electrons. The van der Waals surface area contributed by atoms with Crippen molar-refractivity contribution in [2.24, 2.45) is 0 Å². The molecular weight excluding hydrogens is 573 g/mol. The number of thioether (sulfide) groups is 1. The molecule has 3 heterocycles. The Morgan fingerprint density at radius 1 is 0.750 bits per heavy atom. The van der Waals surface area contributed by atoms with Gasteiger partial charge in [0.2, 0.25) is 0 Å². The zero-order valence-electron chi connectivity index (χ0n) is 23.8. The Morgan fingerprint density at radius 2 is 1.59 bits per heavy atom. The van der Waals surface area contributed by atoms with E-state index in [1.807, 2.05) is 11.8 Å². The molecule has 0 saturated carbocycles. The van der Waals surface area contributed by atoms with Crippen LogP contribution in [-0.4, -0.2) is 15.2 Å². The first-order chi connectivity index (χ1) is 21.8. The number of hydrogen-bond donors (Lipinski definition) is 0. The molecule has 0 fully saturated rings. The summed E-state index contributed by atoms with van der Waals surface area (Å²) in [6.45, 7) is 0. The second-order valence-electron chi connectivity index (χ2n) is 11.9. The van der Waals surface area contributed by atoms with Crippen LogP contribution in [-0.2, 0) is 6.42 Å². The summed E-state index contributed by atoms with van der Waals surface area (Å²) in [5.74, 6) is 1.18. The van der Waals surface area contributed by atoms with E-state index in [2.05, 4.69) is 121 Å². The lowest BCUT2D eigenvalue weighted by Gasteiger charge is -2.22. The minimum atomic E-state index is 0.271. The van der Waals surface area contributed by atoms with E-state index in [0.29, 0.717) is 5.92 Å². The third-order valence-corrected chi connectivity index (χ3v) is 12.1. The van der Waals surface area contributed by atoms with E-state index >= 15 is 0 Å². The second kappa shape index (κ2) is 9.49. The van der Waals surface area contributed by atoms with Crippen LogP contribution in [0.15, 0.2) is 120 Å². The molecule has 2 unspecified atom stereocenters. The summed E-state index contributed by atoms with van der Waals surface area (Å²) in [6.07, 6.45) is 13.6. The van der Waals surface area contributed by atoms with Crippen molar-refractivity contribution in [3.8, 4) is 11.3 Å². The average Bonchev–Trinajstić information content (AvgIpc) is 3.66. The molecule has 5 aromatic carbocycles. The molecule has 0 saturated heterocycles. The fourth-order valence-electron chi connectivity index (χ4n) is 7.52. The molecule has 44 heavy (non-hydrogen) atoms. The molecule has 2 nitrogen and oxygen atoms in total. The lowest BCUT2D eigenvalue weighted by Crippen LogP contribution is -2.15. The van der Waals surface area contributed by atoms with E-state index < -0.39 is 0 Å². The van der Waals surface area contributed by atoms with Crippen molar-refractivity contribution in [2.75, 3.05) is 0 Å². The zero-order chi connectivity index (χ0) is 28.8. The Labute approximate surface area is 263 Å². The third-order valence-electron chi connectivity index (χ3n) is 9.53. The molecule has 2 aliphatic carbocycles. The molecule has 208 valence electrons. The molecule has 3 aliphatic rings. The number of benzene rings is 5. The average molecular weight is 599 g/mol. The minimum Gasteiger partial charge on any atom is -0.227 e. The van der Waals surface area contributed by atoms with Crippen molar-refractivity contribution in [3.05, 3.63) is 138 Å². The van der Waals surface area contributed by atoms with E-state index in [-0.39, 0.29) is 5.25 Å². The van der Waals surface area contributed by atoms with Gasteiger partial charge in [-0.25, -0.2) is 9.97 Å². The lowest BCUT2D eigenvalue weighted by atomic mass is 9.86. The molecule has 0 amide bonds. The van der Waals surface area contributed by atoms with Crippen LogP contribution in [0.3, 0.4) is 0 Å². The Kier molecular flexibility index (Phi) is 5.37. The quantitative estimate of drug-likeness (QED) is 0.185. The second-order valence-corrected chi connectivity index (χ2v) is 14.2. The van der Waals surface area contributed by atoms with Crippen molar-refractivity contribution in [2.45, 2.75) is 28.9 Å². The zero-order valence-corrected chi connectivity index (χ0v) is 25.5. The lowest BCUT2D eigenvalue weighted by molar-refractivity contribution is 0.883. The Bertz CT molecular complexity index is 2440. The summed E-state index contributed by atoms with van der Waals surface area (Å²) in [4.78, 5) is 12.2. The fraction of sp³-hybridized carbons (Fsp3) is 0.100. The van der Waals surface area contributed by atoms with Gasteiger partial charge in [0.15, 0.2) is 5.82 Å². The molecule has 2 atom stereocenters. The van der Waals surface area contributed by atoms with Gasteiger partial charge in [-0.1, -0.05) is 103 Å². The van der Waals surface area contributed by atoms with Crippen molar-refractivity contribution in [1.82, 2.24) is 9.97 Å². The first kappa shape index (κ1) is 24.9. The number of aromatic nitrogens is 2. The van der Waals surface area contributed by atoms with Crippen LogP contribution in [0.2, 0.25) is 0 Å². The first-order valence-electron chi connectivity index (χ1n) is 15.3. The molecule has 4 heteroatoms. The number of hydrogen-bond acceptors (Lipinski definition) is 4. The summed E-state index contributed by atoms with van der Waals surface area (Å²) >= 11 is 3.76. The highest BCUT2D eigenvalue weighted by Crippen LogP contribution is 2.53. The maximum atomic E-state index is 5.46. The van der Waals surface area contributed by atoms with Gasteiger partial charge >= 0.3 is 0 Å². The van der Waals surface area contributed by atoms with Gasteiger partial charge in [-0.2, -0.15) is 0 Å². The van der Waals surface area contributed by atoms with E-state index in [9.17, 15) is 0 Å². The van der Waals surface area contributed by atoms with Crippen LogP contribution in [0.4, 0.5) is 0 Å². The van der Waals surface area contributed by atoms with Gasteiger partial charge in [0.1, 0.15) is 0 Å². The molecule has 0 N–H and O–H groups in total. The van der Waals surface area contributed by atoms with E-state index in [1.54, 1.807) is 11.3 Å². The fourth-order valence-corrected chi connectivity index (χ4v) is 10.1. The minimum absolute atomic E-state index is 0.271.